The summed E-state index contributed by atoms with van der Waals surface area (Å²) in [4.78, 5) is 27.5. The maximum absolute atomic E-state index is 12.7. The molecule has 0 bridgehead atoms. The summed E-state index contributed by atoms with van der Waals surface area (Å²) in [5, 5.41) is 9.24. The largest absolute Gasteiger partial charge is 0.481 e. The molecule has 1 heterocycles. The number of carbonyl (C=O) groups excluding carboxylic acids is 1. The van der Waals surface area contributed by atoms with Gasteiger partial charge in [-0.05, 0) is 31.7 Å². The number of carboxylic acid groups (broad SMARTS) is 1. The zero-order chi connectivity index (χ0) is 15.5. The summed E-state index contributed by atoms with van der Waals surface area (Å²) in [6.45, 7) is 2.03. The van der Waals surface area contributed by atoms with Gasteiger partial charge in [0.2, 0.25) is 0 Å². The summed E-state index contributed by atoms with van der Waals surface area (Å²) in [7, 11) is 1.77. The zero-order valence-electron chi connectivity index (χ0n) is 12.9. The Morgan fingerprint density at radius 3 is 2.52 bits per heavy atom. The minimum absolute atomic E-state index is 0.0332. The fourth-order valence-corrected chi connectivity index (χ4v) is 3.74. The summed E-state index contributed by atoms with van der Waals surface area (Å²) in [6.07, 6.45) is 5.69. The van der Waals surface area contributed by atoms with Crippen LogP contribution in [0, 0.1) is 5.92 Å². The molecule has 3 N–H and O–H groups in total. The van der Waals surface area contributed by atoms with Crippen LogP contribution in [0.5, 0.6) is 0 Å². The molecule has 2 rings (SSSR count). The number of nitrogens with zero attached hydrogens (tertiary/aromatic N) is 2. The van der Waals surface area contributed by atoms with Crippen molar-refractivity contribution in [1.82, 2.24) is 9.80 Å². The van der Waals surface area contributed by atoms with Crippen molar-refractivity contribution in [2.75, 3.05) is 26.7 Å². The molecule has 6 heteroatoms. The molecule has 0 spiro atoms. The maximum Gasteiger partial charge on any atom is 0.320 e. The standard InChI is InChI=1S/C15H27N3O3/c1-17(14(21)18-8-5-12(10-16)11-18)15(9-13(19)20)6-3-2-4-7-15/h12H,2-11,16H2,1H3,(H,19,20). The number of likely N-dealkylation sites (tertiary alicyclic amines) is 1. The highest BCUT2D eigenvalue weighted by atomic mass is 16.4. The van der Waals surface area contributed by atoms with Crippen molar-refractivity contribution in [1.29, 1.82) is 0 Å². The molecule has 0 aromatic heterocycles. The Morgan fingerprint density at radius 2 is 2.00 bits per heavy atom. The number of hydrogen-bond donors (Lipinski definition) is 2. The molecule has 1 aliphatic carbocycles. The lowest BCUT2D eigenvalue weighted by Crippen LogP contribution is -2.55. The van der Waals surface area contributed by atoms with E-state index in [2.05, 4.69) is 0 Å². The van der Waals surface area contributed by atoms with Crippen LogP contribution in [0.25, 0.3) is 0 Å². The van der Waals surface area contributed by atoms with Crippen molar-refractivity contribution in [3.05, 3.63) is 0 Å². The Hall–Kier alpha value is -1.30. The van der Waals surface area contributed by atoms with Gasteiger partial charge < -0.3 is 20.6 Å². The second kappa shape index (κ2) is 6.64. The van der Waals surface area contributed by atoms with Crippen molar-refractivity contribution in [3.63, 3.8) is 0 Å². The normalized spacial score (nSPS) is 24.9. The Labute approximate surface area is 126 Å². The first-order chi connectivity index (χ1) is 9.98. The van der Waals surface area contributed by atoms with Crippen molar-refractivity contribution >= 4 is 12.0 Å². The van der Waals surface area contributed by atoms with E-state index in [-0.39, 0.29) is 12.5 Å². The maximum atomic E-state index is 12.7. The van der Waals surface area contributed by atoms with Crippen LogP contribution in [0.1, 0.15) is 44.9 Å². The van der Waals surface area contributed by atoms with Crippen LogP contribution in [0.2, 0.25) is 0 Å². The first-order valence-corrected chi connectivity index (χ1v) is 7.93. The van der Waals surface area contributed by atoms with Gasteiger partial charge in [0.1, 0.15) is 0 Å². The summed E-state index contributed by atoms with van der Waals surface area (Å²) < 4.78 is 0. The number of amides is 2. The van der Waals surface area contributed by atoms with Gasteiger partial charge in [-0.2, -0.15) is 0 Å². The minimum Gasteiger partial charge on any atom is -0.481 e. The molecule has 0 aromatic rings. The molecule has 1 saturated heterocycles. The molecule has 2 aliphatic rings. The lowest BCUT2D eigenvalue weighted by Gasteiger charge is -2.45. The molecule has 2 amide bonds. The third-order valence-electron chi connectivity index (χ3n) is 5.15. The van der Waals surface area contributed by atoms with E-state index >= 15 is 0 Å². The molecule has 1 aliphatic heterocycles. The molecular weight excluding hydrogens is 270 g/mol. The Balaban J connectivity index is 2.08. The predicted octanol–water partition coefficient (Wildman–Crippen LogP) is 1.50. The fourth-order valence-electron chi connectivity index (χ4n) is 3.74. The Morgan fingerprint density at radius 1 is 1.33 bits per heavy atom. The van der Waals surface area contributed by atoms with Gasteiger partial charge in [-0.1, -0.05) is 19.3 Å². The predicted molar refractivity (Wildman–Crippen MR) is 80.0 cm³/mol. The van der Waals surface area contributed by atoms with Gasteiger partial charge in [-0.25, -0.2) is 4.79 Å². The van der Waals surface area contributed by atoms with E-state index in [0.29, 0.717) is 19.0 Å². The van der Waals surface area contributed by atoms with Gasteiger partial charge in [-0.3, -0.25) is 4.79 Å². The first-order valence-electron chi connectivity index (χ1n) is 7.93. The first kappa shape index (κ1) is 16.1. The Bertz CT molecular complexity index is 394. The van der Waals surface area contributed by atoms with Crippen LogP contribution in [0.15, 0.2) is 0 Å². The summed E-state index contributed by atoms with van der Waals surface area (Å²) in [5.41, 5.74) is 5.17. The molecule has 2 fully saturated rings. The minimum atomic E-state index is -0.821. The van der Waals surface area contributed by atoms with Gasteiger partial charge in [0.05, 0.1) is 12.0 Å². The van der Waals surface area contributed by atoms with Crippen molar-refractivity contribution in [3.8, 4) is 0 Å². The number of nitrogens with two attached hydrogens (primary N) is 1. The van der Waals surface area contributed by atoms with Crippen LogP contribution >= 0.6 is 0 Å². The number of carbonyl (C=O) groups is 2. The molecule has 1 saturated carbocycles. The average Bonchev–Trinajstić information content (AvgIpc) is 2.95. The highest BCUT2D eigenvalue weighted by Gasteiger charge is 2.42. The van der Waals surface area contributed by atoms with Crippen molar-refractivity contribution in [2.45, 2.75) is 50.5 Å². The van der Waals surface area contributed by atoms with Gasteiger partial charge in [0.15, 0.2) is 0 Å². The molecule has 21 heavy (non-hydrogen) atoms. The number of hydrogen-bond acceptors (Lipinski definition) is 3. The summed E-state index contributed by atoms with van der Waals surface area (Å²) in [6, 6.07) is -0.0332. The summed E-state index contributed by atoms with van der Waals surface area (Å²) >= 11 is 0. The van der Waals surface area contributed by atoms with E-state index in [1.165, 1.54) is 0 Å². The number of urea groups is 1. The molecule has 1 unspecified atom stereocenters. The second-order valence-corrected chi connectivity index (χ2v) is 6.53. The van der Waals surface area contributed by atoms with Crippen LogP contribution in [-0.2, 0) is 4.79 Å². The lowest BCUT2D eigenvalue weighted by molar-refractivity contribution is -0.140. The molecule has 1 atom stereocenters. The fraction of sp³-hybridized carbons (Fsp3) is 0.867. The highest BCUT2D eigenvalue weighted by Crippen LogP contribution is 2.36. The molecule has 0 aromatic carbocycles. The van der Waals surface area contributed by atoms with Crippen LogP contribution in [0.4, 0.5) is 4.79 Å². The van der Waals surface area contributed by atoms with Crippen LogP contribution < -0.4 is 5.73 Å². The molecular formula is C15H27N3O3. The quantitative estimate of drug-likeness (QED) is 0.823. The van der Waals surface area contributed by atoms with Gasteiger partial charge in [-0.15, -0.1) is 0 Å². The van der Waals surface area contributed by atoms with Crippen LogP contribution in [-0.4, -0.2) is 59.1 Å². The van der Waals surface area contributed by atoms with Crippen molar-refractivity contribution < 1.29 is 14.7 Å². The van der Waals surface area contributed by atoms with Crippen LogP contribution in [0.3, 0.4) is 0 Å². The monoisotopic (exact) mass is 297 g/mol. The third-order valence-corrected chi connectivity index (χ3v) is 5.15. The van der Waals surface area contributed by atoms with E-state index in [0.717, 1.165) is 45.1 Å². The zero-order valence-corrected chi connectivity index (χ0v) is 12.9. The second-order valence-electron chi connectivity index (χ2n) is 6.53. The van der Waals surface area contributed by atoms with Gasteiger partial charge in [0.25, 0.3) is 0 Å². The topological polar surface area (TPSA) is 86.9 Å². The average molecular weight is 297 g/mol. The van der Waals surface area contributed by atoms with E-state index in [1.54, 1.807) is 11.9 Å². The van der Waals surface area contributed by atoms with E-state index in [9.17, 15) is 14.7 Å². The van der Waals surface area contributed by atoms with E-state index in [1.807, 2.05) is 4.90 Å². The molecule has 6 nitrogen and oxygen atoms in total. The number of carboxylic acids is 1. The Kier molecular flexibility index (Phi) is 5.08. The number of aliphatic carboxylic acids is 1. The van der Waals surface area contributed by atoms with E-state index in [4.69, 9.17) is 5.73 Å². The summed E-state index contributed by atoms with van der Waals surface area (Å²) in [5.74, 6) is -0.443. The highest BCUT2D eigenvalue weighted by molar-refractivity contribution is 5.77. The molecule has 120 valence electrons. The van der Waals surface area contributed by atoms with Crippen molar-refractivity contribution in [2.24, 2.45) is 11.7 Å². The SMILES string of the molecule is CN(C(=O)N1CCC(CN)C1)C1(CC(=O)O)CCCCC1. The molecule has 0 radical (unpaired) electrons. The van der Waals surface area contributed by atoms with Gasteiger partial charge in [0, 0.05) is 20.1 Å². The van der Waals surface area contributed by atoms with E-state index < -0.39 is 11.5 Å². The lowest BCUT2D eigenvalue weighted by atomic mass is 9.78. The van der Waals surface area contributed by atoms with Gasteiger partial charge >= 0.3 is 12.0 Å². The third kappa shape index (κ3) is 3.48. The smallest absolute Gasteiger partial charge is 0.320 e. The number of rotatable bonds is 4.